The number of rotatable bonds is 6. The summed E-state index contributed by atoms with van der Waals surface area (Å²) in [6.07, 6.45) is 0. The summed E-state index contributed by atoms with van der Waals surface area (Å²) < 4.78 is 5.40. The number of nitrogens with one attached hydrogen (secondary N) is 2. The van der Waals surface area contributed by atoms with Gasteiger partial charge in [-0.3, -0.25) is 9.59 Å². The van der Waals surface area contributed by atoms with Crippen molar-refractivity contribution in [1.29, 1.82) is 0 Å². The van der Waals surface area contributed by atoms with Gasteiger partial charge in [-0.25, -0.2) is 0 Å². The van der Waals surface area contributed by atoms with Gasteiger partial charge in [0.1, 0.15) is 17.4 Å². The van der Waals surface area contributed by atoms with Crippen LogP contribution in [0, 0.1) is 0 Å². The number of benzene rings is 1. The maximum atomic E-state index is 12.3. The van der Waals surface area contributed by atoms with Gasteiger partial charge in [-0.1, -0.05) is 6.07 Å². The summed E-state index contributed by atoms with van der Waals surface area (Å²) in [5.74, 6) is -0.264. The standard InChI is InChI=1S/C15H23N3O3/c1-5-21-12-8-6-7-11(16)13(12)15(20)18-10(4)14(19)17-9(2)3/h6-10H,5,16H2,1-4H3,(H,17,19)(H,18,20). The lowest BCUT2D eigenvalue weighted by atomic mass is 10.1. The second-order valence-electron chi connectivity index (χ2n) is 5.01. The Hall–Kier alpha value is -2.24. The highest BCUT2D eigenvalue weighted by Gasteiger charge is 2.21. The Labute approximate surface area is 125 Å². The molecule has 21 heavy (non-hydrogen) atoms. The summed E-state index contributed by atoms with van der Waals surface area (Å²) in [7, 11) is 0. The second kappa shape index (κ2) is 7.52. The van der Waals surface area contributed by atoms with Crippen molar-refractivity contribution in [2.45, 2.75) is 39.8 Å². The summed E-state index contributed by atoms with van der Waals surface area (Å²) in [5, 5.41) is 5.37. The summed E-state index contributed by atoms with van der Waals surface area (Å²) in [6, 6.07) is 4.36. The molecule has 0 saturated heterocycles. The topological polar surface area (TPSA) is 93.4 Å². The van der Waals surface area contributed by atoms with Gasteiger partial charge in [-0.15, -0.1) is 0 Å². The molecular formula is C15H23N3O3. The number of carbonyl (C=O) groups excluding carboxylic acids is 2. The molecule has 4 N–H and O–H groups in total. The van der Waals surface area contributed by atoms with E-state index in [9.17, 15) is 9.59 Å². The van der Waals surface area contributed by atoms with E-state index in [1.807, 2.05) is 20.8 Å². The third kappa shape index (κ3) is 4.66. The van der Waals surface area contributed by atoms with E-state index in [0.717, 1.165) is 0 Å². The van der Waals surface area contributed by atoms with E-state index in [1.165, 1.54) is 0 Å². The third-order valence-electron chi connectivity index (χ3n) is 2.76. The average molecular weight is 293 g/mol. The van der Waals surface area contributed by atoms with E-state index < -0.39 is 11.9 Å². The Kier molecular flexibility index (Phi) is 6.02. The molecule has 6 heteroatoms. The number of hydrogen-bond acceptors (Lipinski definition) is 4. The second-order valence-corrected chi connectivity index (χ2v) is 5.01. The average Bonchev–Trinajstić information content (AvgIpc) is 2.38. The van der Waals surface area contributed by atoms with Gasteiger partial charge in [0.2, 0.25) is 5.91 Å². The van der Waals surface area contributed by atoms with Crippen molar-refractivity contribution in [3.05, 3.63) is 23.8 Å². The van der Waals surface area contributed by atoms with Gasteiger partial charge in [0.15, 0.2) is 0 Å². The van der Waals surface area contributed by atoms with Gasteiger partial charge in [0, 0.05) is 11.7 Å². The lowest BCUT2D eigenvalue weighted by Gasteiger charge is -2.18. The Balaban J connectivity index is 2.87. The van der Waals surface area contributed by atoms with Gasteiger partial charge >= 0.3 is 0 Å². The first-order valence-electron chi connectivity index (χ1n) is 6.99. The number of nitrogen functional groups attached to an aromatic ring is 1. The summed E-state index contributed by atoms with van der Waals surface area (Å²) >= 11 is 0. The molecule has 0 radical (unpaired) electrons. The van der Waals surface area contributed by atoms with Crippen molar-refractivity contribution < 1.29 is 14.3 Å². The fourth-order valence-corrected chi connectivity index (χ4v) is 1.81. The van der Waals surface area contributed by atoms with Gasteiger partial charge in [-0.2, -0.15) is 0 Å². The van der Waals surface area contributed by atoms with Crippen LogP contribution in [0.15, 0.2) is 18.2 Å². The molecule has 0 bridgehead atoms. The predicted molar refractivity (Wildman–Crippen MR) is 82.2 cm³/mol. The molecule has 1 atom stereocenters. The third-order valence-corrected chi connectivity index (χ3v) is 2.76. The van der Waals surface area contributed by atoms with Crippen molar-refractivity contribution in [2.24, 2.45) is 0 Å². The minimum Gasteiger partial charge on any atom is -0.493 e. The Bertz CT molecular complexity index is 515. The quantitative estimate of drug-likeness (QED) is 0.689. The molecule has 116 valence electrons. The molecule has 1 aromatic rings. The van der Waals surface area contributed by atoms with Gasteiger partial charge in [0.25, 0.3) is 5.91 Å². The van der Waals surface area contributed by atoms with E-state index in [2.05, 4.69) is 10.6 Å². The van der Waals surface area contributed by atoms with E-state index in [0.29, 0.717) is 18.0 Å². The number of hydrogen-bond donors (Lipinski definition) is 3. The molecule has 0 aliphatic carbocycles. The molecule has 0 aliphatic rings. The lowest BCUT2D eigenvalue weighted by molar-refractivity contribution is -0.123. The molecular weight excluding hydrogens is 270 g/mol. The van der Waals surface area contributed by atoms with Crippen LogP contribution in [-0.4, -0.2) is 30.5 Å². The highest BCUT2D eigenvalue weighted by Crippen LogP contribution is 2.24. The minimum absolute atomic E-state index is 0.0117. The van der Waals surface area contributed by atoms with Gasteiger partial charge in [-0.05, 0) is 39.8 Å². The lowest BCUT2D eigenvalue weighted by Crippen LogP contribution is -2.46. The molecule has 0 heterocycles. The largest absolute Gasteiger partial charge is 0.493 e. The maximum Gasteiger partial charge on any atom is 0.257 e. The van der Waals surface area contributed by atoms with E-state index in [-0.39, 0.29) is 17.5 Å². The van der Waals surface area contributed by atoms with Gasteiger partial charge < -0.3 is 21.1 Å². The highest BCUT2D eigenvalue weighted by molar-refractivity contribution is 6.03. The zero-order chi connectivity index (χ0) is 16.0. The normalized spacial score (nSPS) is 11.9. The fraction of sp³-hybridized carbons (Fsp3) is 0.467. The predicted octanol–water partition coefficient (Wildman–Crippen LogP) is 1.31. The van der Waals surface area contributed by atoms with Crippen LogP contribution in [0.25, 0.3) is 0 Å². The van der Waals surface area contributed by atoms with Crippen LogP contribution in [0.4, 0.5) is 5.69 Å². The van der Waals surface area contributed by atoms with Crippen LogP contribution >= 0.6 is 0 Å². The van der Waals surface area contributed by atoms with Crippen molar-refractivity contribution in [1.82, 2.24) is 10.6 Å². The molecule has 0 aromatic heterocycles. The fourth-order valence-electron chi connectivity index (χ4n) is 1.81. The maximum absolute atomic E-state index is 12.3. The molecule has 0 aliphatic heterocycles. The van der Waals surface area contributed by atoms with Crippen LogP contribution in [-0.2, 0) is 4.79 Å². The number of ether oxygens (including phenoxy) is 1. The first kappa shape index (κ1) is 16.8. The molecule has 0 saturated carbocycles. The molecule has 0 spiro atoms. The van der Waals surface area contributed by atoms with Crippen LogP contribution in [0.1, 0.15) is 38.1 Å². The first-order valence-corrected chi connectivity index (χ1v) is 6.99. The molecule has 2 amide bonds. The Morgan fingerprint density at radius 3 is 2.48 bits per heavy atom. The van der Waals surface area contributed by atoms with Crippen LogP contribution < -0.4 is 21.1 Å². The van der Waals surface area contributed by atoms with E-state index >= 15 is 0 Å². The number of amides is 2. The van der Waals surface area contributed by atoms with Crippen molar-refractivity contribution in [3.8, 4) is 5.75 Å². The summed E-state index contributed by atoms with van der Waals surface area (Å²) in [4.78, 5) is 24.1. The molecule has 0 fully saturated rings. The summed E-state index contributed by atoms with van der Waals surface area (Å²) in [5.41, 5.74) is 6.41. The molecule has 1 aromatic carbocycles. The van der Waals surface area contributed by atoms with Crippen molar-refractivity contribution >= 4 is 17.5 Å². The molecule has 6 nitrogen and oxygen atoms in total. The smallest absolute Gasteiger partial charge is 0.257 e. The molecule has 1 rings (SSSR count). The SMILES string of the molecule is CCOc1cccc(N)c1C(=O)NC(C)C(=O)NC(C)C. The first-order chi connectivity index (χ1) is 9.86. The van der Waals surface area contributed by atoms with E-state index in [1.54, 1.807) is 25.1 Å². The molecule has 1 unspecified atom stereocenters. The Morgan fingerprint density at radius 2 is 1.90 bits per heavy atom. The van der Waals surface area contributed by atoms with Crippen molar-refractivity contribution in [2.75, 3.05) is 12.3 Å². The van der Waals surface area contributed by atoms with Crippen LogP contribution in [0.3, 0.4) is 0 Å². The van der Waals surface area contributed by atoms with Crippen molar-refractivity contribution in [3.63, 3.8) is 0 Å². The van der Waals surface area contributed by atoms with Gasteiger partial charge in [0.05, 0.1) is 6.61 Å². The monoisotopic (exact) mass is 293 g/mol. The number of anilines is 1. The van der Waals surface area contributed by atoms with E-state index in [4.69, 9.17) is 10.5 Å². The van der Waals surface area contributed by atoms with Crippen LogP contribution in [0.5, 0.6) is 5.75 Å². The zero-order valence-corrected chi connectivity index (χ0v) is 12.9. The number of carbonyl (C=O) groups is 2. The minimum atomic E-state index is -0.658. The summed E-state index contributed by atoms with van der Waals surface area (Å²) in [6.45, 7) is 7.58. The zero-order valence-electron chi connectivity index (χ0n) is 12.9. The number of nitrogens with two attached hydrogens (primary N) is 1. The highest BCUT2D eigenvalue weighted by atomic mass is 16.5. The van der Waals surface area contributed by atoms with Crippen LogP contribution in [0.2, 0.25) is 0 Å². The Morgan fingerprint density at radius 1 is 1.24 bits per heavy atom.